The van der Waals surface area contributed by atoms with Gasteiger partial charge in [0.15, 0.2) is 5.96 Å². The van der Waals surface area contributed by atoms with Crippen molar-refractivity contribution in [3.05, 3.63) is 0 Å². The highest BCUT2D eigenvalue weighted by atomic mass is 16.5. The molecule has 1 aliphatic rings. The van der Waals surface area contributed by atoms with E-state index in [-0.39, 0.29) is 0 Å². The fourth-order valence-electron chi connectivity index (χ4n) is 2.79. The van der Waals surface area contributed by atoms with E-state index in [2.05, 4.69) is 34.4 Å². The molecule has 0 aliphatic carbocycles. The maximum atomic E-state index is 5.58. The lowest BCUT2D eigenvalue weighted by atomic mass is 10.2. The van der Waals surface area contributed by atoms with Crippen LogP contribution in [-0.4, -0.2) is 63.8 Å². The predicted octanol–water partition coefficient (Wildman–Crippen LogP) is 2.48. The Morgan fingerprint density at radius 3 is 2.30 bits per heavy atom. The van der Waals surface area contributed by atoms with Crippen LogP contribution < -0.4 is 10.6 Å². The standard InChI is InChI=1S/C18H38N4O/c1-17(2)16-23-15-9-11-21-18(19-3)20-10-8-14-22-12-6-4-5-7-13-22/h17H,4-16H2,1-3H3,(H2,19,20,21). The van der Waals surface area contributed by atoms with Crippen LogP contribution in [0.5, 0.6) is 0 Å². The van der Waals surface area contributed by atoms with Gasteiger partial charge in [0.2, 0.25) is 0 Å². The minimum atomic E-state index is 0.613. The van der Waals surface area contributed by atoms with Crippen LogP contribution in [0.15, 0.2) is 4.99 Å². The highest BCUT2D eigenvalue weighted by Crippen LogP contribution is 2.09. The number of ether oxygens (including phenoxy) is 1. The van der Waals surface area contributed by atoms with Crippen molar-refractivity contribution in [1.29, 1.82) is 0 Å². The van der Waals surface area contributed by atoms with Crippen molar-refractivity contribution in [3.63, 3.8) is 0 Å². The summed E-state index contributed by atoms with van der Waals surface area (Å²) in [5, 5.41) is 6.76. The quantitative estimate of drug-likeness (QED) is 0.368. The topological polar surface area (TPSA) is 48.9 Å². The first-order chi connectivity index (χ1) is 11.2. The van der Waals surface area contributed by atoms with Crippen LogP contribution in [0.4, 0.5) is 0 Å². The Hall–Kier alpha value is -0.810. The van der Waals surface area contributed by atoms with Gasteiger partial charge in [0.05, 0.1) is 0 Å². The Labute approximate surface area is 143 Å². The zero-order valence-corrected chi connectivity index (χ0v) is 15.6. The highest BCUT2D eigenvalue weighted by molar-refractivity contribution is 5.79. The smallest absolute Gasteiger partial charge is 0.190 e. The van der Waals surface area contributed by atoms with Crippen LogP contribution in [0, 0.1) is 5.92 Å². The van der Waals surface area contributed by atoms with Crippen LogP contribution in [0.25, 0.3) is 0 Å². The van der Waals surface area contributed by atoms with Crippen molar-refractivity contribution in [3.8, 4) is 0 Å². The molecular formula is C18H38N4O. The van der Waals surface area contributed by atoms with E-state index in [0.717, 1.165) is 38.7 Å². The summed E-state index contributed by atoms with van der Waals surface area (Å²) < 4.78 is 5.58. The molecule has 1 rings (SSSR count). The van der Waals surface area contributed by atoms with Crippen LogP contribution in [-0.2, 0) is 4.74 Å². The third kappa shape index (κ3) is 11.4. The van der Waals surface area contributed by atoms with Gasteiger partial charge in [-0.15, -0.1) is 0 Å². The molecule has 5 heteroatoms. The largest absolute Gasteiger partial charge is 0.381 e. The molecule has 0 radical (unpaired) electrons. The van der Waals surface area contributed by atoms with Gasteiger partial charge in [-0.3, -0.25) is 4.99 Å². The lowest BCUT2D eigenvalue weighted by Crippen LogP contribution is -2.39. The Balaban J connectivity index is 1.98. The molecule has 0 aromatic carbocycles. The molecule has 0 aromatic rings. The number of nitrogens with zero attached hydrogens (tertiary/aromatic N) is 2. The molecule has 1 saturated heterocycles. The van der Waals surface area contributed by atoms with Gasteiger partial charge < -0.3 is 20.3 Å². The monoisotopic (exact) mass is 326 g/mol. The van der Waals surface area contributed by atoms with Crippen molar-refractivity contribution >= 4 is 5.96 Å². The number of rotatable bonds is 10. The molecule has 0 bridgehead atoms. The van der Waals surface area contributed by atoms with E-state index in [0.29, 0.717) is 5.92 Å². The number of hydrogen-bond acceptors (Lipinski definition) is 3. The minimum absolute atomic E-state index is 0.613. The van der Waals surface area contributed by atoms with E-state index in [1.54, 1.807) is 0 Å². The fourth-order valence-corrected chi connectivity index (χ4v) is 2.79. The number of nitrogens with one attached hydrogen (secondary N) is 2. The third-order valence-corrected chi connectivity index (χ3v) is 4.07. The molecule has 136 valence electrons. The van der Waals surface area contributed by atoms with Gasteiger partial charge in [0, 0.05) is 33.4 Å². The number of guanidine groups is 1. The fraction of sp³-hybridized carbons (Fsp3) is 0.944. The van der Waals surface area contributed by atoms with Gasteiger partial charge in [-0.05, 0) is 51.2 Å². The van der Waals surface area contributed by atoms with E-state index in [1.165, 1.54) is 51.7 Å². The van der Waals surface area contributed by atoms with E-state index < -0.39 is 0 Å². The summed E-state index contributed by atoms with van der Waals surface area (Å²) in [7, 11) is 1.83. The maximum absolute atomic E-state index is 5.58. The molecule has 0 spiro atoms. The summed E-state index contributed by atoms with van der Waals surface area (Å²) in [6, 6.07) is 0. The second-order valence-corrected chi connectivity index (χ2v) is 6.86. The van der Waals surface area contributed by atoms with E-state index in [4.69, 9.17) is 4.74 Å². The number of likely N-dealkylation sites (tertiary alicyclic amines) is 1. The van der Waals surface area contributed by atoms with Crippen molar-refractivity contribution in [2.24, 2.45) is 10.9 Å². The predicted molar refractivity (Wildman–Crippen MR) is 99.2 cm³/mol. The molecule has 1 heterocycles. The average Bonchev–Trinajstić information content (AvgIpc) is 2.81. The SMILES string of the molecule is CN=C(NCCCOCC(C)C)NCCCN1CCCCCC1. The summed E-state index contributed by atoms with van der Waals surface area (Å²) in [4.78, 5) is 6.88. The van der Waals surface area contributed by atoms with Crippen molar-refractivity contribution in [2.45, 2.75) is 52.4 Å². The number of hydrogen-bond donors (Lipinski definition) is 2. The summed E-state index contributed by atoms with van der Waals surface area (Å²) in [6.07, 6.45) is 7.75. The zero-order valence-electron chi connectivity index (χ0n) is 15.6. The molecule has 23 heavy (non-hydrogen) atoms. The Morgan fingerprint density at radius 1 is 1.04 bits per heavy atom. The molecule has 1 fully saturated rings. The molecule has 0 unspecified atom stereocenters. The van der Waals surface area contributed by atoms with E-state index in [9.17, 15) is 0 Å². The molecule has 0 atom stereocenters. The molecule has 1 aliphatic heterocycles. The average molecular weight is 327 g/mol. The highest BCUT2D eigenvalue weighted by Gasteiger charge is 2.08. The van der Waals surface area contributed by atoms with Gasteiger partial charge in [-0.1, -0.05) is 26.7 Å². The first-order valence-electron chi connectivity index (χ1n) is 9.47. The maximum Gasteiger partial charge on any atom is 0.190 e. The van der Waals surface area contributed by atoms with Gasteiger partial charge in [0.1, 0.15) is 0 Å². The van der Waals surface area contributed by atoms with Gasteiger partial charge in [0.25, 0.3) is 0 Å². The summed E-state index contributed by atoms with van der Waals surface area (Å²) >= 11 is 0. The lowest BCUT2D eigenvalue weighted by Gasteiger charge is -2.20. The summed E-state index contributed by atoms with van der Waals surface area (Å²) in [6.45, 7) is 11.7. The third-order valence-electron chi connectivity index (χ3n) is 4.07. The summed E-state index contributed by atoms with van der Waals surface area (Å²) in [5.74, 6) is 1.52. The zero-order chi connectivity index (χ0) is 16.8. The second-order valence-electron chi connectivity index (χ2n) is 6.86. The van der Waals surface area contributed by atoms with Crippen LogP contribution in [0.1, 0.15) is 52.4 Å². The Bertz CT molecular complexity index is 299. The van der Waals surface area contributed by atoms with Crippen molar-refractivity contribution < 1.29 is 4.74 Å². The Kier molecular flexibility index (Phi) is 12.0. The molecule has 0 amide bonds. The van der Waals surface area contributed by atoms with E-state index >= 15 is 0 Å². The van der Waals surface area contributed by atoms with E-state index in [1.807, 2.05) is 7.05 Å². The van der Waals surface area contributed by atoms with Crippen molar-refractivity contribution in [2.75, 3.05) is 53.0 Å². The summed E-state index contributed by atoms with van der Waals surface area (Å²) in [5.41, 5.74) is 0. The molecular weight excluding hydrogens is 288 g/mol. The Morgan fingerprint density at radius 2 is 1.70 bits per heavy atom. The first-order valence-corrected chi connectivity index (χ1v) is 9.47. The van der Waals surface area contributed by atoms with Crippen LogP contribution in [0.2, 0.25) is 0 Å². The molecule has 0 aromatic heterocycles. The van der Waals surface area contributed by atoms with Crippen LogP contribution in [0.3, 0.4) is 0 Å². The molecule has 2 N–H and O–H groups in total. The van der Waals surface area contributed by atoms with Crippen LogP contribution >= 0.6 is 0 Å². The van der Waals surface area contributed by atoms with Gasteiger partial charge in [-0.2, -0.15) is 0 Å². The minimum Gasteiger partial charge on any atom is -0.381 e. The van der Waals surface area contributed by atoms with Gasteiger partial charge >= 0.3 is 0 Å². The normalized spacial score (nSPS) is 17.3. The molecule has 5 nitrogen and oxygen atoms in total. The molecule has 0 saturated carbocycles. The van der Waals surface area contributed by atoms with Gasteiger partial charge in [-0.25, -0.2) is 0 Å². The lowest BCUT2D eigenvalue weighted by molar-refractivity contribution is 0.108. The number of aliphatic imine (C=N–C) groups is 1. The van der Waals surface area contributed by atoms with Crippen molar-refractivity contribution in [1.82, 2.24) is 15.5 Å². The first kappa shape index (κ1) is 20.2. The second kappa shape index (κ2) is 13.6.